The highest BCUT2D eigenvalue weighted by Gasteiger charge is 2.02. The van der Waals surface area contributed by atoms with Gasteiger partial charge in [0.1, 0.15) is 11.5 Å². The zero-order chi connectivity index (χ0) is 9.68. The summed E-state index contributed by atoms with van der Waals surface area (Å²) in [6.45, 7) is 0.387. The Balaban J connectivity index is 2.58. The van der Waals surface area contributed by atoms with E-state index in [0.717, 1.165) is 5.56 Å². The Bertz CT molecular complexity index is 297. The van der Waals surface area contributed by atoms with Gasteiger partial charge in [-0.25, -0.2) is 0 Å². The molecule has 0 fully saturated rings. The Morgan fingerprint density at radius 1 is 1.46 bits per heavy atom. The molecule has 0 aliphatic rings. The summed E-state index contributed by atoms with van der Waals surface area (Å²) in [5.74, 6) is 0.297. The number of nitrogens with two attached hydrogens (primary N) is 1. The number of rotatable bonds is 4. The average molecular weight is 179 g/mol. The summed E-state index contributed by atoms with van der Waals surface area (Å²) >= 11 is 0. The minimum Gasteiger partial charge on any atom is -0.508 e. The number of hydrogen-bond acceptors (Lipinski definition) is 3. The molecular formula is C10H13NO2. The van der Waals surface area contributed by atoms with Crippen LogP contribution in [-0.4, -0.2) is 17.4 Å². The first-order valence-electron chi connectivity index (χ1n) is 4.22. The number of carbonyl (C=O) groups is 1. The second-order valence-electron chi connectivity index (χ2n) is 2.92. The third-order valence-electron chi connectivity index (χ3n) is 1.74. The van der Waals surface area contributed by atoms with Crippen LogP contribution >= 0.6 is 0 Å². The number of aromatic hydroxyl groups is 1. The lowest BCUT2D eigenvalue weighted by Crippen LogP contribution is -2.09. The van der Waals surface area contributed by atoms with Gasteiger partial charge in [0.05, 0.1) is 0 Å². The van der Waals surface area contributed by atoms with Crippen molar-refractivity contribution in [2.45, 2.75) is 12.8 Å². The molecule has 0 amide bonds. The lowest BCUT2D eigenvalue weighted by molar-refractivity contribution is -0.118. The maximum atomic E-state index is 11.2. The summed E-state index contributed by atoms with van der Waals surface area (Å²) in [5, 5.41) is 9.12. The number of hydrogen-bond donors (Lipinski definition) is 2. The predicted octanol–water partition coefficient (Wildman–Crippen LogP) is 0.853. The van der Waals surface area contributed by atoms with Crippen LogP contribution in [-0.2, 0) is 11.2 Å². The van der Waals surface area contributed by atoms with E-state index in [0.29, 0.717) is 19.4 Å². The Morgan fingerprint density at radius 2 is 2.23 bits per heavy atom. The highest BCUT2D eigenvalue weighted by atomic mass is 16.3. The Morgan fingerprint density at radius 3 is 2.85 bits per heavy atom. The van der Waals surface area contributed by atoms with Crippen LogP contribution in [0.2, 0.25) is 0 Å². The van der Waals surface area contributed by atoms with Crippen LogP contribution in [0, 0.1) is 0 Å². The van der Waals surface area contributed by atoms with Gasteiger partial charge in [-0.1, -0.05) is 12.1 Å². The van der Waals surface area contributed by atoms with Crippen LogP contribution < -0.4 is 5.73 Å². The molecule has 0 saturated heterocycles. The van der Waals surface area contributed by atoms with Gasteiger partial charge in [0, 0.05) is 12.8 Å². The third-order valence-corrected chi connectivity index (χ3v) is 1.74. The molecule has 3 nitrogen and oxygen atoms in total. The fraction of sp³-hybridized carbons (Fsp3) is 0.300. The molecule has 0 aromatic heterocycles. The Kier molecular flexibility index (Phi) is 3.46. The molecule has 1 aromatic rings. The molecule has 0 atom stereocenters. The lowest BCUT2D eigenvalue weighted by atomic mass is 10.1. The van der Waals surface area contributed by atoms with Gasteiger partial charge in [0.15, 0.2) is 0 Å². The molecular weight excluding hydrogens is 166 g/mol. The minimum absolute atomic E-state index is 0.105. The van der Waals surface area contributed by atoms with Crippen molar-refractivity contribution in [1.82, 2.24) is 0 Å². The summed E-state index contributed by atoms with van der Waals surface area (Å²) in [7, 11) is 0. The van der Waals surface area contributed by atoms with Crippen LogP contribution in [0.4, 0.5) is 0 Å². The van der Waals surface area contributed by atoms with Gasteiger partial charge < -0.3 is 10.8 Å². The maximum Gasteiger partial charge on any atom is 0.138 e. The zero-order valence-electron chi connectivity index (χ0n) is 7.36. The first-order chi connectivity index (χ1) is 6.22. The van der Waals surface area contributed by atoms with E-state index >= 15 is 0 Å². The van der Waals surface area contributed by atoms with E-state index in [1.54, 1.807) is 18.2 Å². The quantitative estimate of drug-likeness (QED) is 0.720. The Hall–Kier alpha value is -1.35. The van der Waals surface area contributed by atoms with Crippen molar-refractivity contribution < 1.29 is 9.90 Å². The number of benzene rings is 1. The van der Waals surface area contributed by atoms with Crippen molar-refractivity contribution in [3.8, 4) is 5.75 Å². The number of carbonyl (C=O) groups excluding carboxylic acids is 1. The first-order valence-corrected chi connectivity index (χ1v) is 4.22. The van der Waals surface area contributed by atoms with E-state index in [4.69, 9.17) is 10.8 Å². The molecule has 0 radical (unpaired) electrons. The van der Waals surface area contributed by atoms with Gasteiger partial charge in [-0.05, 0) is 24.2 Å². The van der Waals surface area contributed by atoms with Crippen LogP contribution in [0.1, 0.15) is 12.0 Å². The molecule has 0 aliphatic carbocycles. The molecule has 0 unspecified atom stereocenters. The van der Waals surface area contributed by atoms with Gasteiger partial charge >= 0.3 is 0 Å². The van der Waals surface area contributed by atoms with Crippen molar-refractivity contribution >= 4 is 5.78 Å². The summed E-state index contributed by atoms with van der Waals surface area (Å²) in [6, 6.07) is 6.71. The first kappa shape index (κ1) is 9.74. The van der Waals surface area contributed by atoms with E-state index in [2.05, 4.69) is 0 Å². The molecule has 0 spiro atoms. The fourth-order valence-electron chi connectivity index (χ4n) is 1.14. The van der Waals surface area contributed by atoms with Crippen LogP contribution in [0.25, 0.3) is 0 Å². The number of phenols is 1. The highest BCUT2D eigenvalue weighted by molar-refractivity contribution is 5.81. The molecule has 13 heavy (non-hydrogen) atoms. The van der Waals surface area contributed by atoms with Gasteiger partial charge in [-0.15, -0.1) is 0 Å². The minimum atomic E-state index is 0.105. The van der Waals surface area contributed by atoms with E-state index in [9.17, 15) is 4.79 Å². The smallest absolute Gasteiger partial charge is 0.138 e. The van der Waals surface area contributed by atoms with Gasteiger partial charge in [-0.3, -0.25) is 4.79 Å². The van der Waals surface area contributed by atoms with Crippen molar-refractivity contribution in [3.63, 3.8) is 0 Å². The fourth-order valence-corrected chi connectivity index (χ4v) is 1.14. The van der Waals surface area contributed by atoms with Crippen LogP contribution in [0.15, 0.2) is 24.3 Å². The van der Waals surface area contributed by atoms with E-state index in [1.807, 2.05) is 6.07 Å². The second kappa shape index (κ2) is 4.62. The molecule has 1 rings (SSSR count). The topological polar surface area (TPSA) is 63.3 Å². The summed E-state index contributed by atoms with van der Waals surface area (Å²) in [5.41, 5.74) is 6.07. The van der Waals surface area contributed by atoms with Crippen molar-refractivity contribution in [3.05, 3.63) is 29.8 Å². The van der Waals surface area contributed by atoms with Crippen LogP contribution in [0.3, 0.4) is 0 Å². The lowest BCUT2D eigenvalue weighted by Gasteiger charge is -2.00. The largest absolute Gasteiger partial charge is 0.508 e. The molecule has 1 aromatic carbocycles. The number of Topliss-reactive ketones (excluding diaryl/α,β-unsaturated/α-hetero) is 1. The summed E-state index contributed by atoms with van der Waals surface area (Å²) in [4.78, 5) is 11.2. The predicted molar refractivity (Wildman–Crippen MR) is 50.5 cm³/mol. The molecule has 3 N–H and O–H groups in total. The monoisotopic (exact) mass is 179 g/mol. The van der Waals surface area contributed by atoms with E-state index in [-0.39, 0.29) is 11.5 Å². The van der Waals surface area contributed by atoms with E-state index < -0.39 is 0 Å². The number of ketones is 1. The maximum absolute atomic E-state index is 11.2. The van der Waals surface area contributed by atoms with Crippen molar-refractivity contribution in [2.24, 2.45) is 5.73 Å². The summed E-state index contributed by atoms with van der Waals surface area (Å²) in [6.07, 6.45) is 0.751. The van der Waals surface area contributed by atoms with Crippen LogP contribution in [0.5, 0.6) is 5.75 Å². The van der Waals surface area contributed by atoms with E-state index in [1.165, 1.54) is 0 Å². The molecule has 70 valence electrons. The van der Waals surface area contributed by atoms with Gasteiger partial charge in [0.25, 0.3) is 0 Å². The summed E-state index contributed by atoms with van der Waals surface area (Å²) < 4.78 is 0. The van der Waals surface area contributed by atoms with Crippen molar-refractivity contribution in [1.29, 1.82) is 0 Å². The van der Waals surface area contributed by atoms with Gasteiger partial charge in [0.2, 0.25) is 0 Å². The molecule has 0 bridgehead atoms. The molecule has 0 saturated carbocycles. The zero-order valence-corrected chi connectivity index (χ0v) is 7.36. The van der Waals surface area contributed by atoms with Gasteiger partial charge in [-0.2, -0.15) is 0 Å². The standard InChI is InChI=1S/C10H13NO2/c11-5-4-10(13)7-8-2-1-3-9(12)6-8/h1-3,6,12H,4-5,7,11H2. The molecule has 3 heteroatoms. The normalized spacial score (nSPS) is 9.92. The highest BCUT2D eigenvalue weighted by Crippen LogP contribution is 2.11. The molecule has 0 aliphatic heterocycles. The second-order valence-corrected chi connectivity index (χ2v) is 2.92. The third kappa shape index (κ3) is 3.25. The number of phenolic OH excluding ortho intramolecular Hbond substituents is 1. The Labute approximate surface area is 77.2 Å². The molecule has 0 heterocycles. The van der Waals surface area contributed by atoms with Crippen molar-refractivity contribution in [2.75, 3.05) is 6.54 Å². The average Bonchev–Trinajstić information content (AvgIpc) is 2.04. The SMILES string of the molecule is NCCC(=O)Cc1cccc(O)c1.